The van der Waals surface area contributed by atoms with E-state index in [-0.39, 0.29) is 0 Å². The molecule has 84 valence electrons. The zero-order valence-corrected chi connectivity index (χ0v) is 9.42. The van der Waals surface area contributed by atoms with E-state index in [4.69, 9.17) is 0 Å². The Morgan fingerprint density at radius 3 is 2.93 bits per heavy atom. The average Bonchev–Trinajstić information content (AvgIpc) is 2.28. The molecule has 3 nitrogen and oxygen atoms in total. The predicted molar refractivity (Wildman–Crippen MR) is 63.4 cm³/mol. The van der Waals surface area contributed by atoms with Gasteiger partial charge < -0.3 is 10.6 Å². The quantitative estimate of drug-likeness (QED) is 0.645. The van der Waals surface area contributed by atoms with Crippen molar-refractivity contribution in [3.05, 3.63) is 23.9 Å². The van der Waals surface area contributed by atoms with Crippen LogP contribution in [-0.4, -0.2) is 25.8 Å². The van der Waals surface area contributed by atoms with Crippen LogP contribution in [0.15, 0.2) is 23.9 Å². The van der Waals surface area contributed by atoms with Crippen LogP contribution in [0.1, 0.15) is 19.8 Å². The van der Waals surface area contributed by atoms with Crippen LogP contribution in [-0.2, 0) is 0 Å². The molecule has 0 aromatic heterocycles. The lowest BCUT2D eigenvalue weighted by Crippen LogP contribution is -2.43. The van der Waals surface area contributed by atoms with Crippen molar-refractivity contribution in [1.82, 2.24) is 16.0 Å². The fourth-order valence-corrected chi connectivity index (χ4v) is 2.15. The number of hydrogen-bond donors (Lipinski definition) is 3. The maximum absolute atomic E-state index is 3.56. The van der Waals surface area contributed by atoms with Gasteiger partial charge in [0, 0.05) is 6.54 Å². The molecular weight excluding hydrogens is 186 g/mol. The van der Waals surface area contributed by atoms with Gasteiger partial charge in [-0.2, -0.15) is 0 Å². The first kappa shape index (κ1) is 10.7. The summed E-state index contributed by atoms with van der Waals surface area (Å²) in [6.07, 6.45) is 9.29. The molecule has 3 N–H and O–H groups in total. The van der Waals surface area contributed by atoms with Crippen LogP contribution in [0.5, 0.6) is 0 Å². The molecule has 3 heteroatoms. The van der Waals surface area contributed by atoms with E-state index in [1.54, 1.807) is 0 Å². The summed E-state index contributed by atoms with van der Waals surface area (Å²) in [7, 11) is 0. The van der Waals surface area contributed by atoms with Crippen molar-refractivity contribution in [2.24, 2.45) is 5.92 Å². The van der Waals surface area contributed by atoms with Crippen molar-refractivity contribution < 1.29 is 0 Å². The van der Waals surface area contributed by atoms with Crippen LogP contribution in [0.2, 0.25) is 0 Å². The topological polar surface area (TPSA) is 36.1 Å². The molecule has 15 heavy (non-hydrogen) atoms. The summed E-state index contributed by atoms with van der Waals surface area (Å²) in [5, 5.41) is 10.3. The molecule has 2 rings (SSSR count). The number of nitrogens with one attached hydrogen (secondary N) is 3. The van der Waals surface area contributed by atoms with Crippen molar-refractivity contribution in [1.29, 1.82) is 0 Å². The lowest BCUT2D eigenvalue weighted by molar-refractivity contribution is 0.343. The van der Waals surface area contributed by atoms with E-state index < -0.39 is 0 Å². The van der Waals surface area contributed by atoms with E-state index in [0.717, 1.165) is 12.5 Å². The second-order valence-corrected chi connectivity index (χ2v) is 4.49. The summed E-state index contributed by atoms with van der Waals surface area (Å²) < 4.78 is 0. The maximum Gasteiger partial charge on any atom is 0.0962 e. The Kier molecular flexibility index (Phi) is 3.80. The Labute approximate surface area is 92.0 Å². The van der Waals surface area contributed by atoms with Gasteiger partial charge in [0.25, 0.3) is 0 Å². The highest BCUT2D eigenvalue weighted by Crippen LogP contribution is 2.10. The van der Waals surface area contributed by atoms with E-state index in [0.29, 0.717) is 6.17 Å². The molecule has 0 spiro atoms. The van der Waals surface area contributed by atoms with Gasteiger partial charge in [-0.05, 0) is 57.1 Å². The third kappa shape index (κ3) is 3.36. The third-order valence-corrected chi connectivity index (χ3v) is 3.14. The van der Waals surface area contributed by atoms with Gasteiger partial charge in [0.1, 0.15) is 0 Å². The molecule has 1 saturated heterocycles. The highest BCUT2D eigenvalue weighted by molar-refractivity contribution is 5.21. The zero-order valence-electron chi connectivity index (χ0n) is 9.42. The van der Waals surface area contributed by atoms with Crippen LogP contribution in [0.25, 0.3) is 0 Å². The van der Waals surface area contributed by atoms with Crippen LogP contribution < -0.4 is 16.0 Å². The number of piperidine rings is 1. The molecule has 0 aromatic rings. The molecule has 2 aliphatic heterocycles. The highest BCUT2D eigenvalue weighted by Gasteiger charge is 2.14. The second kappa shape index (κ2) is 5.33. The van der Waals surface area contributed by atoms with Crippen molar-refractivity contribution in [2.75, 3.05) is 19.6 Å². The SMILES string of the molecule is CC1=CC(NCC2CCNCC2)NC=C1. The fourth-order valence-electron chi connectivity index (χ4n) is 2.15. The van der Waals surface area contributed by atoms with Gasteiger partial charge in [-0.3, -0.25) is 5.32 Å². The highest BCUT2D eigenvalue weighted by atomic mass is 15.1. The standard InChI is InChI=1S/C12H21N3/c1-10-2-7-14-12(8-10)15-9-11-3-5-13-6-4-11/h2,7-8,11-15H,3-6,9H2,1H3. The fraction of sp³-hybridized carbons (Fsp3) is 0.667. The number of allylic oxidation sites excluding steroid dienone is 2. The van der Waals surface area contributed by atoms with E-state index in [1.807, 2.05) is 6.20 Å². The first-order valence-electron chi connectivity index (χ1n) is 5.90. The minimum absolute atomic E-state index is 0.324. The normalized spacial score (nSPS) is 27.3. The molecule has 2 heterocycles. The Morgan fingerprint density at radius 2 is 2.20 bits per heavy atom. The Morgan fingerprint density at radius 1 is 1.40 bits per heavy atom. The molecule has 0 bridgehead atoms. The molecule has 0 aliphatic carbocycles. The van der Waals surface area contributed by atoms with Crippen molar-refractivity contribution in [2.45, 2.75) is 25.9 Å². The number of hydrogen-bond acceptors (Lipinski definition) is 3. The summed E-state index contributed by atoms with van der Waals surface area (Å²) in [5.74, 6) is 0.840. The summed E-state index contributed by atoms with van der Waals surface area (Å²) >= 11 is 0. The van der Waals surface area contributed by atoms with Crippen LogP contribution in [0.3, 0.4) is 0 Å². The molecular formula is C12H21N3. The largest absolute Gasteiger partial charge is 0.372 e. The second-order valence-electron chi connectivity index (χ2n) is 4.49. The summed E-state index contributed by atoms with van der Waals surface area (Å²) in [6, 6.07) is 0. The minimum Gasteiger partial charge on any atom is -0.372 e. The van der Waals surface area contributed by atoms with Crippen LogP contribution in [0, 0.1) is 5.92 Å². The lowest BCUT2D eigenvalue weighted by atomic mass is 9.98. The third-order valence-electron chi connectivity index (χ3n) is 3.14. The van der Waals surface area contributed by atoms with Gasteiger partial charge in [-0.25, -0.2) is 0 Å². The average molecular weight is 207 g/mol. The number of dihydropyridines is 1. The molecule has 1 unspecified atom stereocenters. The first-order valence-corrected chi connectivity index (χ1v) is 5.90. The molecule has 0 radical (unpaired) electrons. The van der Waals surface area contributed by atoms with Gasteiger partial charge >= 0.3 is 0 Å². The van der Waals surface area contributed by atoms with Gasteiger partial charge in [0.15, 0.2) is 0 Å². The Hall–Kier alpha value is -0.800. The smallest absolute Gasteiger partial charge is 0.0962 e. The van der Waals surface area contributed by atoms with Gasteiger partial charge in [0.2, 0.25) is 0 Å². The molecule has 1 fully saturated rings. The zero-order chi connectivity index (χ0) is 10.5. The minimum atomic E-state index is 0.324. The Balaban J connectivity index is 1.71. The summed E-state index contributed by atoms with van der Waals surface area (Å²) in [5.41, 5.74) is 1.33. The van der Waals surface area contributed by atoms with E-state index in [9.17, 15) is 0 Å². The molecule has 1 atom stereocenters. The number of rotatable bonds is 3. The van der Waals surface area contributed by atoms with Crippen LogP contribution in [0.4, 0.5) is 0 Å². The molecule has 2 aliphatic rings. The van der Waals surface area contributed by atoms with Crippen molar-refractivity contribution in [3.63, 3.8) is 0 Å². The first-order chi connectivity index (χ1) is 7.34. The van der Waals surface area contributed by atoms with Crippen LogP contribution >= 0.6 is 0 Å². The van der Waals surface area contributed by atoms with Crippen molar-refractivity contribution in [3.8, 4) is 0 Å². The van der Waals surface area contributed by atoms with E-state index >= 15 is 0 Å². The van der Waals surface area contributed by atoms with Gasteiger partial charge in [0.05, 0.1) is 6.17 Å². The molecule has 0 saturated carbocycles. The lowest BCUT2D eigenvalue weighted by Gasteiger charge is -2.26. The summed E-state index contributed by atoms with van der Waals surface area (Å²) in [4.78, 5) is 0. The van der Waals surface area contributed by atoms with E-state index in [2.05, 4.69) is 35.0 Å². The molecule has 0 amide bonds. The predicted octanol–water partition coefficient (Wildman–Crippen LogP) is 0.965. The summed E-state index contributed by atoms with van der Waals surface area (Å²) in [6.45, 7) is 5.62. The Bertz CT molecular complexity index is 252. The van der Waals surface area contributed by atoms with Gasteiger partial charge in [-0.1, -0.05) is 5.57 Å². The van der Waals surface area contributed by atoms with Gasteiger partial charge in [-0.15, -0.1) is 0 Å². The monoisotopic (exact) mass is 207 g/mol. The van der Waals surface area contributed by atoms with E-state index in [1.165, 1.54) is 31.5 Å². The molecule has 0 aromatic carbocycles. The van der Waals surface area contributed by atoms with Crippen molar-refractivity contribution >= 4 is 0 Å². The maximum atomic E-state index is 3.56.